The van der Waals surface area contributed by atoms with Crippen LogP contribution < -0.4 is 15.4 Å². The lowest BCUT2D eigenvalue weighted by molar-refractivity contribution is -0.155. The normalized spacial score (nSPS) is 25.3. The number of esters is 1. The van der Waals surface area contributed by atoms with Gasteiger partial charge < -0.3 is 20.1 Å². The minimum atomic E-state index is -1.13. The predicted molar refractivity (Wildman–Crippen MR) is 117 cm³/mol. The monoisotopic (exact) mass is 445 g/mol. The van der Waals surface area contributed by atoms with Gasteiger partial charge in [-0.2, -0.15) is 0 Å². The van der Waals surface area contributed by atoms with Crippen molar-refractivity contribution in [2.24, 2.45) is 11.3 Å². The maximum atomic E-state index is 13.1. The van der Waals surface area contributed by atoms with E-state index in [0.717, 1.165) is 11.3 Å². The Bertz CT molecular complexity index is 930. The van der Waals surface area contributed by atoms with Crippen LogP contribution in [0.4, 0.5) is 10.5 Å². The van der Waals surface area contributed by atoms with Gasteiger partial charge in [0.05, 0.1) is 12.8 Å². The van der Waals surface area contributed by atoms with Crippen LogP contribution in [0.1, 0.15) is 47.0 Å². The Balaban J connectivity index is 1.61. The number of urea groups is 1. The zero-order valence-corrected chi connectivity index (χ0v) is 19.2. The van der Waals surface area contributed by atoms with E-state index >= 15 is 0 Å². The number of carbonyl (C=O) groups excluding carboxylic acids is 4. The lowest BCUT2D eigenvalue weighted by Crippen LogP contribution is -2.54. The van der Waals surface area contributed by atoms with Gasteiger partial charge in [-0.25, -0.2) is 4.79 Å². The molecular weight excluding hydrogens is 414 g/mol. The molecule has 1 saturated heterocycles. The average Bonchev–Trinajstić information content (AvgIpc) is 2.89. The molecule has 0 radical (unpaired) electrons. The van der Waals surface area contributed by atoms with Crippen molar-refractivity contribution in [3.8, 4) is 5.75 Å². The summed E-state index contributed by atoms with van der Waals surface area (Å²) in [6.07, 6.45) is 0.872. The standard InChI is InChI=1S/C23H31N3O6/c1-14-10-22(3,4)13-23(11-14)20(29)26(21(30)25-23)12-18(27)32-15(2)19(28)24-16-8-6-7-9-17(16)31-5/h6-9,14-15H,10-13H2,1-5H3,(H,24,28)(H,25,30). The van der Waals surface area contributed by atoms with Crippen LogP contribution >= 0.6 is 0 Å². The summed E-state index contributed by atoms with van der Waals surface area (Å²) in [6, 6.07) is 6.23. The van der Waals surface area contributed by atoms with Crippen LogP contribution in [0.15, 0.2) is 24.3 Å². The van der Waals surface area contributed by atoms with Gasteiger partial charge in [0.1, 0.15) is 17.8 Å². The topological polar surface area (TPSA) is 114 Å². The number of anilines is 1. The molecule has 9 heteroatoms. The summed E-state index contributed by atoms with van der Waals surface area (Å²) in [5.74, 6) is -1.08. The van der Waals surface area contributed by atoms with Gasteiger partial charge in [0.15, 0.2) is 6.10 Å². The number of ether oxygens (including phenoxy) is 2. The summed E-state index contributed by atoms with van der Waals surface area (Å²) in [7, 11) is 1.48. The van der Waals surface area contributed by atoms with E-state index in [4.69, 9.17) is 9.47 Å². The molecule has 3 atom stereocenters. The maximum Gasteiger partial charge on any atom is 0.327 e. The Morgan fingerprint density at radius 3 is 2.59 bits per heavy atom. The smallest absolute Gasteiger partial charge is 0.327 e. The lowest BCUT2D eigenvalue weighted by atomic mass is 9.64. The van der Waals surface area contributed by atoms with Crippen molar-refractivity contribution in [1.82, 2.24) is 10.2 Å². The minimum absolute atomic E-state index is 0.109. The van der Waals surface area contributed by atoms with E-state index in [2.05, 4.69) is 31.4 Å². The number of amides is 4. The average molecular weight is 446 g/mol. The molecule has 2 fully saturated rings. The van der Waals surface area contributed by atoms with Crippen LogP contribution in [0.3, 0.4) is 0 Å². The van der Waals surface area contributed by atoms with Crippen molar-refractivity contribution < 1.29 is 28.7 Å². The van der Waals surface area contributed by atoms with Gasteiger partial charge in [-0.15, -0.1) is 0 Å². The van der Waals surface area contributed by atoms with E-state index in [1.54, 1.807) is 24.3 Å². The number of imide groups is 1. The van der Waals surface area contributed by atoms with Crippen LogP contribution in [-0.4, -0.2) is 54.0 Å². The molecule has 1 aliphatic carbocycles. The quantitative estimate of drug-likeness (QED) is 0.514. The van der Waals surface area contributed by atoms with Crippen LogP contribution in [0.5, 0.6) is 5.75 Å². The Morgan fingerprint density at radius 1 is 1.25 bits per heavy atom. The first-order valence-corrected chi connectivity index (χ1v) is 10.7. The van der Waals surface area contributed by atoms with Crippen molar-refractivity contribution in [1.29, 1.82) is 0 Å². The number of hydrogen-bond acceptors (Lipinski definition) is 6. The van der Waals surface area contributed by atoms with E-state index in [-0.39, 0.29) is 11.3 Å². The molecule has 1 spiro atoms. The maximum absolute atomic E-state index is 13.1. The van der Waals surface area contributed by atoms with Gasteiger partial charge in [-0.3, -0.25) is 19.3 Å². The summed E-state index contributed by atoms with van der Waals surface area (Å²) in [6.45, 7) is 7.07. The third kappa shape index (κ3) is 4.87. The van der Waals surface area contributed by atoms with Crippen LogP contribution in [0, 0.1) is 11.3 Å². The fourth-order valence-electron chi connectivity index (χ4n) is 5.05. The van der Waals surface area contributed by atoms with E-state index in [0.29, 0.717) is 24.3 Å². The SMILES string of the molecule is COc1ccccc1NC(=O)C(C)OC(=O)CN1C(=O)NC2(CC(C)CC(C)(C)C2)C1=O. The van der Waals surface area contributed by atoms with Gasteiger partial charge in [0.25, 0.3) is 11.8 Å². The molecule has 1 aromatic rings. The Morgan fingerprint density at radius 2 is 1.94 bits per heavy atom. The molecule has 1 saturated carbocycles. The van der Waals surface area contributed by atoms with Gasteiger partial charge in [0.2, 0.25) is 0 Å². The highest BCUT2D eigenvalue weighted by Crippen LogP contribution is 2.46. The Labute approximate surface area is 187 Å². The second-order valence-corrected chi connectivity index (χ2v) is 9.58. The van der Waals surface area contributed by atoms with Gasteiger partial charge >= 0.3 is 12.0 Å². The van der Waals surface area contributed by atoms with Gasteiger partial charge in [-0.1, -0.05) is 32.9 Å². The lowest BCUT2D eigenvalue weighted by Gasteiger charge is -2.43. The van der Waals surface area contributed by atoms with Crippen molar-refractivity contribution in [3.05, 3.63) is 24.3 Å². The fraction of sp³-hybridized carbons (Fsp3) is 0.565. The van der Waals surface area contributed by atoms with Crippen molar-refractivity contribution in [3.63, 3.8) is 0 Å². The highest BCUT2D eigenvalue weighted by atomic mass is 16.5. The number of nitrogens with zero attached hydrogens (tertiary/aromatic N) is 1. The van der Waals surface area contributed by atoms with Crippen LogP contribution in [0.25, 0.3) is 0 Å². The molecule has 32 heavy (non-hydrogen) atoms. The third-order valence-corrected chi connectivity index (χ3v) is 5.95. The summed E-state index contributed by atoms with van der Waals surface area (Å²) in [4.78, 5) is 51.4. The second kappa shape index (κ2) is 8.80. The zero-order chi connectivity index (χ0) is 23.7. The third-order valence-electron chi connectivity index (χ3n) is 5.95. The largest absolute Gasteiger partial charge is 0.495 e. The van der Waals surface area contributed by atoms with E-state index in [1.165, 1.54) is 14.0 Å². The fourth-order valence-corrected chi connectivity index (χ4v) is 5.05. The number of para-hydroxylation sites is 2. The summed E-state index contributed by atoms with van der Waals surface area (Å²) < 4.78 is 10.4. The van der Waals surface area contributed by atoms with E-state index in [9.17, 15) is 19.2 Å². The summed E-state index contributed by atoms with van der Waals surface area (Å²) in [5, 5.41) is 5.46. The Kier molecular flexibility index (Phi) is 6.48. The van der Waals surface area contributed by atoms with Gasteiger partial charge in [-0.05, 0) is 49.7 Å². The molecule has 2 aliphatic rings. The van der Waals surface area contributed by atoms with Crippen LogP contribution in [-0.2, 0) is 19.1 Å². The number of hydrogen-bond donors (Lipinski definition) is 2. The molecule has 0 bridgehead atoms. The second-order valence-electron chi connectivity index (χ2n) is 9.58. The molecule has 9 nitrogen and oxygen atoms in total. The molecule has 174 valence electrons. The highest BCUT2D eigenvalue weighted by molar-refractivity contribution is 6.09. The number of benzene rings is 1. The van der Waals surface area contributed by atoms with Gasteiger partial charge in [0, 0.05) is 0 Å². The first kappa shape index (κ1) is 23.6. The molecule has 3 unspecified atom stereocenters. The number of rotatable bonds is 6. The molecule has 2 N–H and O–H groups in total. The van der Waals surface area contributed by atoms with E-state index < -0.39 is 42.0 Å². The summed E-state index contributed by atoms with van der Waals surface area (Å²) >= 11 is 0. The zero-order valence-electron chi connectivity index (χ0n) is 19.2. The first-order chi connectivity index (χ1) is 15.0. The highest BCUT2D eigenvalue weighted by Gasteiger charge is 2.56. The Hall–Kier alpha value is -3.10. The first-order valence-electron chi connectivity index (χ1n) is 10.7. The molecule has 1 aliphatic heterocycles. The number of nitrogens with one attached hydrogen (secondary N) is 2. The number of carbonyl (C=O) groups is 4. The summed E-state index contributed by atoms with van der Waals surface area (Å²) in [5.41, 5.74) is -0.666. The molecule has 1 heterocycles. The minimum Gasteiger partial charge on any atom is -0.495 e. The van der Waals surface area contributed by atoms with Crippen LogP contribution in [0.2, 0.25) is 0 Å². The van der Waals surface area contributed by atoms with Crippen molar-refractivity contribution >= 4 is 29.5 Å². The van der Waals surface area contributed by atoms with Crippen molar-refractivity contribution in [2.75, 3.05) is 19.0 Å². The molecule has 0 aromatic heterocycles. The van der Waals surface area contributed by atoms with E-state index in [1.807, 2.05) is 0 Å². The molecular formula is C23H31N3O6. The molecule has 4 amide bonds. The molecule has 3 rings (SSSR count). The number of methoxy groups -OCH3 is 1. The molecule has 1 aromatic carbocycles. The van der Waals surface area contributed by atoms with Crippen molar-refractivity contribution in [2.45, 2.75) is 58.6 Å². The predicted octanol–water partition coefficient (Wildman–Crippen LogP) is 2.70.